The molecule has 1 aromatic carbocycles. The molecule has 3 nitrogen and oxygen atoms in total. The molecule has 0 saturated heterocycles. The van der Waals surface area contributed by atoms with Gasteiger partial charge in [0.05, 0.1) is 13.2 Å². The van der Waals surface area contributed by atoms with Crippen LogP contribution in [0.25, 0.3) is 0 Å². The van der Waals surface area contributed by atoms with E-state index in [0.717, 1.165) is 44.5 Å². The van der Waals surface area contributed by atoms with Gasteiger partial charge in [-0.2, -0.15) is 0 Å². The van der Waals surface area contributed by atoms with Crippen molar-refractivity contribution in [1.29, 1.82) is 0 Å². The number of rotatable bonds is 13. The van der Waals surface area contributed by atoms with Crippen molar-refractivity contribution in [3.05, 3.63) is 29.8 Å². The van der Waals surface area contributed by atoms with Crippen molar-refractivity contribution < 1.29 is 9.84 Å². The van der Waals surface area contributed by atoms with E-state index in [1.165, 1.54) is 31.2 Å². The molecule has 0 radical (unpaired) electrons. The Labute approximate surface area is 154 Å². The van der Waals surface area contributed by atoms with Crippen LogP contribution in [0.2, 0.25) is 0 Å². The van der Waals surface area contributed by atoms with Crippen LogP contribution in [0.5, 0.6) is 5.75 Å². The van der Waals surface area contributed by atoms with Crippen LogP contribution < -0.4 is 10.5 Å². The summed E-state index contributed by atoms with van der Waals surface area (Å²) in [5.74, 6) is 0.943. The molecule has 4 heteroatoms. The Morgan fingerprint density at radius 1 is 0.958 bits per heavy atom. The molecule has 0 aliphatic carbocycles. The van der Waals surface area contributed by atoms with E-state index < -0.39 is 5.54 Å². The summed E-state index contributed by atoms with van der Waals surface area (Å²) in [6.07, 6.45) is 9.87. The number of aliphatic hydroxyl groups is 1. The zero-order chi connectivity index (χ0) is 17.0. The Balaban J connectivity index is 0.00000529. The van der Waals surface area contributed by atoms with Gasteiger partial charge in [0.1, 0.15) is 5.75 Å². The van der Waals surface area contributed by atoms with Crippen molar-refractivity contribution in [2.24, 2.45) is 5.73 Å². The zero-order valence-corrected chi connectivity index (χ0v) is 16.2. The van der Waals surface area contributed by atoms with Gasteiger partial charge >= 0.3 is 0 Å². The summed E-state index contributed by atoms with van der Waals surface area (Å²) in [6.45, 7) is 5.19. The fraction of sp³-hybridized carbons (Fsp3) is 0.700. The maximum absolute atomic E-state index is 9.47. The van der Waals surface area contributed by atoms with E-state index in [1.807, 2.05) is 12.1 Å². The molecule has 0 unspecified atom stereocenters. The molecule has 0 bridgehead atoms. The standard InChI is InChI=1S/C20H35NO2.ClH/c1-3-5-6-7-8-16-23-19-11-9-18(10-12-19)13-15-20(21,17-22)14-4-2;/h9-12,22H,3-8,13-17,21H2,1-2H3;1H/t20-;/m1./s1. The first-order valence-electron chi connectivity index (χ1n) is 9.25. The number of aryl methyl sites for hydroxylation is 1. The molecule has 0 fully saturated rings. The molecule has 0 aromatic heterocycles. The maximum Gasteiger partial charge on any atom is 0.119 e. The van der Waals surface area contributed by atoms with Crippen molar-refractivity contribution in [1.82, 2.24) is 0 Å². The second kappa shape index (κ2) is 13.5. The van der Waals surface area contributed by atoms with Gasteiger partial charge in [-0.25, -0.2) is 0 Å². The lowest BCUT2D eigenvalue weighted by Gasteiger charge is -2.26. The van der Waals surface area contributed by atoms with Gasteiger partial charge in [0.2, 0.25) is 0 Å². The van der Waals surface area contributed by atoms with Gasteiger partial charge in [0, 0.05) is 5.54 Å². The highest BCUT2D eigenvalue weighted by atomic mass is 35.5. The molecule has 0 aliphatic rings. The Hall–Kier alpha value is -0.770. The molecule has 0 spiro atoms. The minimum atomic E-state index is -0.442. The largest absolute Gasteiger partial charge is 0.494 e. The van der Waals surface area contributed by atoms with Crippen molar-refractivity contribution >= 4 is 12.4 Å². The fourth-order valence-corrected chi connectivity index (χ4v) is 2.82. The van der Waals surface area contributed by atoms with E-state index in [0.29, 0.717) is 0 Å². The lowest BCUT2D eigenvalue weighted by atomic mass is 9.89. The van der Waals surface area contributed by atoms with Gasteiger partial charge in [-0.05, 0) is 43.4 Å². The second-order valence-electron chi connectivity index (χ2n) is 6.68. The minimum Gasteiger partial charge on any atom is -0.494 e. The summed E-state index contributed by atoms with van der Waals surface area (Å²) in [5.41, 5.74) is 7.03. The van der Waals surface area contributed by atoms with E-state index in [4.69, 9.17) is 10.5 Å². The predicted molar refractivity (Wildman–Crippen MR) is 105 cm³/mol. The third-order valence-electron chi connectivity index (χ3n) is 4.41. The third-order valence-corrected chi connectivity index (χ3v) is 4.41. The third kappa shape index (κ3) is 9.51. The number of hydrogen-bond donors (Lipinski definition) is 2. The molecule has 0 amide bonds. The van der Waals surface area contributed by atoms with Crippen molar-refractivity contribution in [2.45, 2.75) is 77.2 Å². The van der Waals surface area contributed by atoms with Crippen LogP contribution in [0.1, 0.15) is 70.8 Å². The van der Waals surface area contributed by atoms with Crippen molar-refractivity contribution in [2.75, 3.05) is 13.2 Å². The molecule has 0 aliphatic heterocycles. The topological polar surface area (TPSA) is 55.5 Å². The fourth-order valence-electron chi connectivity index (χ4n) is 2.82. The molecule has 0 heterocycles. The number of benzene rings is 1. The summed E-state index contributed by atoms with van der Waals surface area (Å²) in [4.78, 5) is 0. The molecule has 0 saturated carbocycles. The number of aliphatic hydroxyl groups excluding tert-OH is 1. The first kappa shape index (κ1) is 23.2. The molecule has 1 rings (SSSR count). The SMILES string of the molecule is CCCCCCCOc1ccc(CC[C@@](N)(CO)CCC)cc1.Cl. The number of nitrogens with two attached hydrogens (primary N) is 1. The second-order valence-corrected chi connectivity index (χ2v) is 6.68. The summed E-state index contributed by atoms with van der Waals surface area (Å²) >= 11 is 0. The highest BCUT2D eigenvalue weighted by Crippen LogP contribution is 2.19. The predicted octanol–water partition coefficient (Wildman–Crippen LogP) is 4.88. The molecular formula is C20H36ClNO2. The number of ether oxygens (including phenoxy) is 1. The molecule has 24 heavy (non-hydrogen) atoms. The molecule has 140 valence electrons. The average molecular weight is 358 g/mol. The van der Waals surface area contributed by atoms with Crippen LogP contribution in [-0.4, -0.2) is 23.9 Å². The monoisotopic (exact) mass is 357 g/mol. The first-order valence-corrected chi connectivity index (χ1v) is 9.25. The van der Waals surface area contributed by atoms with E-state index in [2.05, 4.69) is 26.0 Å². The molecule has 1 atom stereocenters. The zero-order valence-electron chi connectivity index (χ0n) is 15.4. The Morgan fingerprint density at radius 3 is 2.21 bits per heavy atom. The summed E-state index contributed by atoms with van der Waals surface area (Å²) in [6, 6.07) is 8.29. The van der Waals surface area contributed by atoms with Crippen LogP contribution in [0.3, 0.4) is 0 Å². The smallest absolute Gasteiger partial charge is 0.119 e. The lowest BCUT2D eigenvalue weighted by molar-refractivity contribution is 0.177. The normalized spacial score (nSPS) is 13.2. The van der Waals surface area contributed by atoms with E-state index >= 15 is 0 Å². The summed E-state index contributed by atoms with van der Waals surface area (Å²) < 4.78 is 5.78. The first-order chi connectivity index (χ1) is 11.1. The van der Waals surface area contributed by atoms with Crippen LogP contribution in [-0.2, 0) is 6.42 Å². The number of hydrogen-bond acceptors (Lipinski definition) is 3. The van der Waals surface area contributed by atoms with Crippen LogP contribution >= 0.6 is 12.4 Å². The lowest BCUT2D eigenvalue weighted by Crippen LogP contribution is -2.43. The molecule has 1 aromatic rings. The Kier molecular flexibility index (Phi) is 13.1. The Bertz CT molecular complexity index is 411. The quantitative estimate of drug-likeness (QED) is 0.494. The average Bonchev–Trinajstić information content (AvgIpc) is 2.57. The van der Waals surface area contributed by atoms with E-state index in [9.17, 15) is 5.11 Å². The van der Waals surface area contributed by atoms with Gasteiger partial charge in [0.15, 0.2) is 0 Å². The highest BCUT2D eigenvalue weighted by Gasteiger charge is 2.22. The van der Waals surface area contributed by atoms with E-state index in [-0.39, 0.29) is 19.0 Å². The number of halogens is 1. The van der Waals surface area contributed by atoms with Crippen LogP contribution in [0.4, 0.5) is 0 Å². The number of unbranched alkanes of at least 4 members (excludes halogenated alkanes) is 4. The molecule has 3 N–H and O–H groups in total. The van der Waals surface area contributed by atoms with Crippen molar-refractivity contribution in [3.63, 3.8) is 0 Å². The van der Waals surface area contributed by atoms with Gasteiger partial charge < -0.3 is 15.6 Å². The summed E-state index contributed by atoms with van der Waals surface area (Å²) in [5, 5.41) is 9.47. The van der Waals surface area contributed by atoms with Gasteiger partial charge in [-0.3, -0.25) is 0 Å². The van der Waals surface area contributed by atoms with Gasteiger partial charge in [0.25, 0.3) is 0 Å². The van der Waals surface area contributed by atoms with Gasteiger partial charge in [-0.15, -0.1) is 12.4 Å². The Morgan fingerprint density at radius 2 is 1.62 bits per heavy atom. The molecular weight excluding hydrogens is 322 g/mol. The minimum absolute atomic E-state index is 0. The van der Waals surface area contributed by atoms with Crippen molar-refractivity contribution in [3.8, 4) is 5.75 Å². The van der Waals surface area contributed by atoms with E-state index in [1.54, 1.807) is 0 Å². The maximum atomic E-state index is 9.47. The highest BCUT2D eigenvalue weighted by molar-refractivity contribution is 5.85. The van der Waals surface area contributed by atoms with Crippen LogP contribution in [0, 0.1) is 0 Å². The van der Waals surface area contributed by atoms with Gasteiger partial charge in [-0.1, -0.05) is 58.1 Å². The summed E-state index contributed by atoms with van der Waals surface area (Å²) in [7, 11) is 0. The van der Waals surface area contributed by atoms with Crippen LogP contribution in [0.15, 0.2) is 24.3 Å².